The van der Waals surface area contributed by atoms with Crippen molar-refractivity contribution < 1.29 is 36.5 Å². The summed E-state index contributed by atoms with van der Waals surface area (Å²) in [6, 6.07) is 0. The maximum absolute atomic E-state index is 0. The van der Waals surface area contributed by atoms with Crippen LogP contribution in [0.5, 0.6) is 0 Å². The summed E-state index contributed by atoms with van der Waals surface area (Å²) in [4.78, 5) is 0. The van der Waals surface area contributed by atoms with Gasteiger partial charge in [-0.1, -0.05) is 0 Å². The second kappa shape index (κ2) is 17.9. The first-order valence-electron chi connectivity index (χ1n) is 0. The van der Waals surface area contributed by atoms with Crippen molar-refractivity contribution in [3.63, 3.8) is 0 Å². The smallest absolute Gasteiger partial charge is 0 e. The van der Waals surface area contributed by atoms with Crippen molar-refractivity contribution in [1.82, 2.24) is 0 Å². The molecule has 0 heterocycles. The van der Waals surface area contributed by atoms with Gasteiger partial charge in [0, 0.05) is 36.5 Å². The minimum atomic E-state index is 0. The molecular formula is H3CuSeSnZn. The van der Waals surface area contributed by atoms with E-state index in [1.807, 2.05) is 0 Å². The summed E-state index contributed by atoms with van der Waals surface area (Å²) < 4.78 is 0. The molecule has 0 aliphatic heterocycles. The van der Waals surface area contributed by atoms with Crippen molar-refractivity contribution in [2.24, 2.45) is 0 Å². The van der Waals surface area contributed by atoms with Gasteiger partial charge in [0.25, 0.3) is 0 Å². The summed E-state index contributed by atoms with van der Waals surface area (Å²) >= 11 is 0. The molecule has 0 amide bonds. The molecule has 0 saturated heterocycles. The van der Waals surface area contributed by atoms with Crippen molar-refractivity contribution in [3.8, 4) is 0 Å². The predicted octanol–water partition coefficient (Wildman–Crippen LogP) is -1.57. The van der Waals surface area contributed by atoms with Crippen molar-refractivity contribution in [2.45, 2.75) is 0 Å². The third-order valence-electron chi connectivity index (χ3n) is 0. The second-order valence-electron chi connectivity index (χ2n) is 0. The molecule has 0 fully saturated rings. The maximum atomic E-state index is 0. The Morgan fingerprint density at radius 3 is 1.00 bits per heavy atom. The summed E-state index contributed by atoms with van der Waals surface area (Å²) in [5, 5.41) is 0. The molecule has 0 aromatic rings. The summed E-state index contributed by atoms with van der Waals surface area (Å²) in [6.07, 6.45) is 0. The maximum Gasteiger partial charge on any atom is 0 e. The Hall–Kier alpha value is 2.46. The fourth-order valence-corrected chi connectivity index (χ4v) is 0. The third kappa shape index (κ3) is 8.82. The summed E-state index contributed by atoms with van der Waals surface area (Å²) in [7, 11) is 0. The van der Waals surface area contributed by atoms with Gasteiger partial charge >= 0.3 is 41.0 Å². The molecule has 0 aliphatic rings. The van der Waals surface area contributed by atoms with Gasteiger partial charge in [-0.25, -0.2) is 0 Å². The average Bonchev–Trinajstić information content (AvgIpc) is 0. The van der Waals surface area contributed by atoms with Gasteiger partial charge in [0.05, 0.1) is 0 Å². The summed E-state index contributed by atoms with van der Waals surface area (Å²) in [5.41, 5.74) is 0. The Morgan fingerprint density at radius 1 is 1.00 bits per heavy atom. The van der Waals surface area contributed by atoms with Crippen LogP contribution in [0.4, 0.5) is 0 Å². The molecule has 0 aromatic carbocycles. The average molecular weight is 330 g/mol. The van der Waals surface area contributed by atoms with Crippen LogP contribution in [-0.4, -0.2) is 41.0 Å². The van der Waals surface area contributed by atoms with Gasteiger partial charge in [-0.3, -0.25) is 0 Å². The second-order valence-corrected chi connectivity index (χ2v) is 0. The Balaban J connectivity index is 0. The fraction of sp³-hybridized carbons (Fsp3) is 0. The molecule has 4 heavy (non-hydrogen) atoms. The first kappa shape index (κ1) is 31.8. The van der Waals surface area contributed by atoms with Crippen LogP contribution < -0.4 is 0 Å². The molecular weight excluding hydrogens is 327 g/mol. The van der Waals surface area contributed by atoms with Crippen LogP contribution in [0.1, 0.15) is 0 Å². The van der Waals surface area contributed by atoms with Gasteiger partial charge in [0.15, 0.2) is 0 Å². The number of hydrogen-bond donors (Lipinski definition) is 0. The van der Waals surface area contributed by atoms with E-state index in [1.54, 1.807) is 0 Å². The van der Waals surface area contributed by atoms with E-state index in [0.717, 1.165) is 0 Å². The first-order valence-corrected chi connectivity index (χ1v) is 0. The molecule has 0 saturated carbocycles. The van der Waals surface area contributed by atoms with Crippen molar-refractivity contribution >= 4 is 41.0 Å². The molecule has 0 rings (SSSR count). The van der Waals surface area contributed by atoms with Crippen LogP contribution in [0, 0.1) is 0 Å². The molecule has 0 bridgehead atoms. The van der Waals surface area contributed by atoms with E-state index in [1.165, 1.54) is 0 Å². The van der Waals surface area contributed by atoms with Crippen LogP contribution in [-0.2, 0) is 36.5 Å². The topological polar surface area (TPSA) is 0 Å². The van der Waals surface area contributed by atoms with Crippen LogP contribution in [0.2, 0.25) is 0 Å². The van der Waals surface area contributed by atoms with Gasteiger partial charge < -0.3 is 0 Å². The van der Waals surface area contributed by atoms with Gasteiger partial charge in [-0.15, -0.1) is 0 Å². The third-order valence-corrected chi connectivity index (χ3v) is 0. The molecule has 0 unspecified atom stereocenters. The van der Waals surface area contributed by atoms with Crippen LogP contribution >= 0.6 is 0 Å². The normalized spacial score (nSPS) is 0. The van der Waals surface area contributed by atoms with E-state index in [4.69, 9.17) is 0 Å². The monoisotopic (exact) mass is 330 g/mol. The van der Waals surface area contributed by atoms with Crippen LogP contribution in [0.3, 0.4) is 0 Å². The van der Waals surface area contributed by atoms with Gasteiger partial charge in [0.1, 0.15) is 0 Å². The zero-order valence-corrected chi connectivity index (χ0v) is 12.0. The Morgan fingerprint density at radius 2 is 1.00 bits per heavy atom. The Labute approximate surface area is 76.5 Å². The van der Waals surface area contributed by atoms with E-state index in [0.29, 0.717) is 0 Å². The minimum Gasteiger partial charge on any atom is 0 e. The first-order chi connectivity index (χ1) is 0. The van der Waals surface area contributed by atoms with Gasteiger partial charge in [-0.2, -0.15) is 0 Å². The molecule has 4 heteroatoms. The van der Waals surface area contributed by atoms with Crippen molar-refractivity contribution in [2.75, 3.05) is 0 Å². The Bertz CT molecular complexity index is 8.00. The zero-order chi connectivity index (χ0) is 0. The molecule has 26 valence electrons. The number of hydrogen-bond acceptors (Lipinski definition) is 0. The van der Waals surface area contributed by atoms with Gasteiger partial charge in [0.2, 0.25) is 0 Å². The summed E-state index contributed by atoms with van der Waals surface area (Å²) in [6.45, 7) is 0. The molecule has 0 nitrogen and oxygen atoms in total. The molecule has 0 aliphatic carbocycles. The SMILES string of the molecule is [Cu].[SeH].[SnH2].[Zn]. The number of rotatable bonds is 0. The molecule has 0 aromatic heterocycles. The van der Waals surface area contributed by atoms with Crippen molar-refractivity contribution in [1.29, 1.82) is 0 Å². The molecule has 0 atom stereocenters. The van der Waals surface area contributed by atoms with Gasteiger partial charge in [-0.05, 0) is 0 Å². The zero-order valence-electron chi connectivity index (χ0n) is 2.16. The fourth-order valence-electron chi connectivity index (χ4n) is 0. The largest absolute Gasteiger partial charge is 0 e. The standard InChI is InChI=1S/Cu.HSe.Sn.Zn.2H/h;1H;;;;. The predicted molar refractivity (Wildman–Crippen MR) is 15.7 cm³/mol. The van der Waals surface area contributed by atoms with Crippen molar-refractivity contribution in [3.05, 3.63) is 0 Å². The van der Waals surface area contributed by atoms with Crippen LogP contribution in [0.15, 0.2) is 0 Å². The molecule has 4 radical (unpaired) electrons. The quantitative estimate of drug-likeness (QED) is 0.471. The van der Waals surface area contributed by atoms with E-state index in [9.17, 15) is 0 Å². The van der Waals surface area contributed by atoms with E-state index < -0.39 is 0 Å². The van der Waals surface area contributed by atoms with E-state index in [-0.39, 0.29) is 77.5 Å². The summed E-state index contributed by atoms with van der Waals surface area (Å²) in [5.74, 6) is 0. The van der Waals surface area contributed by atoms with E-state index >= 15 is 0 Å². The molecule has 0 N–H and O–H groups in total. The minimum absolute atomic E-state index is 0. The van der Waals surface area contributed by atoms with E-state index in [2.05, 4.69) is 0 Å². The van der Waals surface area contributed by atoms with Crippen LogP contribution in [0.25, 0.3) is 0 Å². The molecule has 0 spiro atoms. The Kier molecular flexibility index (Phi) is 143.